The average molecular weight is 280 g/mol. The first-order valence-electron chi connectivity index (χ1n) is 7.09. The van der Waals surface area contributed by atoms with Gasteiger partial charge >= 0.3 is 5.97 Å². The molecular weight excluding hydrogens is 259 g/mol. The zero-order chi connectivity index (χ0) is 14.5. The maximum Gasteiger partial charge on any atom is 0.320 e. The fourth-order valence-electron chi connectivity index (χ4n) is 2.74. The van der Waals surface area contributed by atoms with Crippen LogP contribution in [0.5, 0.6) is 0 Å². The molecular formula is C15H21FN2O2. The highest BCUT2D eigenvalue weighted by Crippen LogP contribution is 2.20. The summed E-state index contributed by atoms with van der Waals surface area (Å²) in [5.41, 5.74) is 0.524. The predicted molar refractivity (Wildman–Crippen MR) is 76.3 cm³/mol. The van der Waals surface area contributed by atoms with Crippen LogP contribution in [0.4, 0.5) is 10.1 Å². The number of rotatable bonds is 5. The highest BCUT2D eigenvalue weighted by Gasteiger charge is 2.28. The molecule has 1 saturated heterocycles. The van der Waals surface area contributed by atoms with Crippen molar-refractivity contribution in [2.75, 3.05) is 18.4 Å². The molecule has 0 amide bonds. The zero-order valence-corrected chi connectivity index (χ0v) is 11.7. The number of nitrogens with zero attached hydrogens (tertiary/aromatic N) is 1. The van der Waals surface area contributed by atoms with Crippen LogP contribution in [-0.2, 0) is 4.79 Å². The molecule has 1 aliphatic rings. The van der Waals surface area contributed by atoms with E-state index in [1.54, 1.807) is 18.2 Å². The zero-order valence-electron chi connectivity index (χ0n) is 11.7. The summed E-state index contributed by atoms with van der Waals surface area (Å²) in [4.78, 5) is 13.1. The summed E-state index contributed by atoms with van der Waals surface area (Å²) in [5.74, 6) is -1.00. The Hall–Kier alpha value is -1.62. The molecule has 0 unspecified atom stereocenters. The highest BCUT2D eigenvalue weighted by atomic mass is 19.1. The van der Waals surface area contributed by atoms with Crippen LogP contribution in [0.25, 0.3) is 0 Å². The Balaban J connectivity index is 1.88. The topological polar surface area (TPSA) is 52.6 Å². The van der Waals surface area contributed by atoms with E-state index in [-0.39, 0.29) is 11.9 Å². The quantitative estimate of drug-likeness (QED) is 0.870. The van der Waals surface area contributed by atoms with E-state index in [2.05, 4.69) is 5.32 Å². The molecule has 0 spiro atoms. The van der Waals surface area contributed by atoms with E-state index in [9.17, 15) is 9.18 Å². The van der Waals surface area contributed by atoms with E-state index in [1.807, 2.05) is 11.8 Å². The number of anilines is 1. The molecule has 110 valence electrons. The Morgan fingerprint density at radius 3 is 2.65 bits per heavy atom. The molecule has 1 fully saturated rings. The van der Waals surface area contributed by atoms with Crippen LogP contribution >= 0.6 is 0 Å². The second-order valence-corrected chi connectivity index (χ2v) is 5.20. The molecule has 1 atom stereocenters. The molecule has 20 heavy (non-hydrogen) atoms. The van der Waals surface area contributed by atoms with Crippen LogP contribution < -0.4 is 5.32 Å². The van der Waals surface area contributed by atoms with Crippen molar-refractivity contribution in [2.24, 2.45) is 0 Å². The molecule has 0 aliphatic carbocycles. The number of piperidine rings is 1. The lowest BCUT2D eigenvalue weighted by atomic mass is 10.0. The Morgan fingerprint density at radius 1 is 1.45 bits per heavy atom. The summed E-state index contributed by atoms with van der Waals surface area (Å²) >= 11 is 0. The van der Waals surface area contributed by atoms with Gasteiger partial charge < -0.3 is 10.4 Å². The van der Waals surface area contributed by atoms with Gasteiger partial charge in [-0.2, -0.15) is 0 Å². The maximum absolute atomic E-state index is 13.6. The summed E-state index contributed by atoms with van der Waals surface area (Å²) < 4.78 is 13.6. The van der Waals surface area contributed by atoms with Crippen LogP contribution in [0.3, 0.4) is 0 Å². The van der Waals surface area contributed by atoms with Crippen molar-refractivity contribution in [3.8, 4) is 0 Å². The summed E-state index contributed by atoms with van der Waals surface area (Å²) in [6.45, 7) is 3.36. The second-order valence-electron chi connectivity index (χ2n) is 5.20. The summed E-state index contributed by atoms with van der Waals surface area (Å²) in [5, 5.41) is 12.4. The Morgan fingerprint density at radius 2 is 2.10 bits per heavy atom. The van der Waals surface area contributed by atoms with Gasteiger partial charge in [0, 0.05) is 19.1 Å². The van der Waals surface area contributed by atoms with Gasteiger partial charge in [0.15, 0.2) is 0 Å². The first kappa shape index (κ1) is 14.8. The summed E-state index contributed by atoms with van der Waals surface area (Å²) in [6.07, 6.45) is 2.27. The molecule has 2 N–H and O–H groups in total. The van der Waals surface area contributed by atoms with E-state index in [0.29, 0.717) is 12.1 Å². The van der Waals surface area contributed by atoms with Crippen LogP contribution in [0.15, 0.2) is 24.3 Å². The smallest absolute Gasteiger partial charge is 0.320 e. The second kappa shape index (κ2) is 6.70. The number of para-hydroxylation sites is 1. The summed E-state index contributed by atoms with van der Waals surface area (Å²) in [7, 11) is 0. The third kappa shape index (κ3) is 3.48. The van der Waals surface area contributed by atoms with Crippen molar-refractivity contribution < 1.29 is 14.3 Å². The molecule has 1 aromatic carbocycles. The van der Waals surface area contributed by atoms with Crippen molar-refractivity contribution in [2.45, 2.75) is 38.3 Å². The minimum Gasteiger partial charge on any atom is -0.480 e. The molecule has 0 aromatic heterocycles. The van der Waals surface area contributed by atoms with E-state index in [1.165, 1.54) is 6.07 Å². The van der Waals surface area contributed by atoms with Gasteiger partial charge in [-0.25, -0.2) is 4.39 Å². The van der Waals surface area contributed by atoms with Gasteiger partial charge in [0.25, 0.3) is 0 Å². The monoisotopic (exact) mass is 280 g/mol. The SMILES string of the molecule is CC[C@H](C(=O)O)N1CCC(Nc2ccccc2F)CC1. The number of nitrogens with one attached hydrogen (secondary N) is 1. The lowest BCUT2D eigenvalue weighted by Crippen LogP contribution is -2.47. The lowest BCUT2D eigenvalue weighted by Gasteiger charge is -2.35. The van der Waals surface area contributed by atoms with Gasteiger partial charge in [-0.15, -0.1) is 0 Å². The average Bonchev–Trinajstić information content (AvgIpc) is 2.43. The molecule has 0 saturated carbocycles. The van der Waals surface area contributed by atoms with Crippen LogP contribution in [-0.4, -0.2) is 41.1 Å². The molecule has 1 heterocycles. The molecule has 5 heteroatoms. The minimum atomic E-state index is -0.756. The van der Waals surface area contributed by atoms with Crippen molar-refractivity contribution in [3.63, 3.8) is 0 Å². The number of aliphatic carboxylic acids is 1. The Labute approximate surface area is 118 Å². The number of halogens is 1. The lowest BCUT2D eigenvalue weighted by molar-refractivity contribution is -0.143. The summed E-state index contributed by atoms with van der Waals surface area (Å²) in [6, 6.07) is 6.45. The fraction of sp³-hybridized carbons (Fsp3) is 0.533. The highest BCUT2D eigenvalue weighted by molar-refractivity contribution is 5.73. The number of carboxylic acids is 1. The van der Waals surface area contributed by atoms with Crippen molar-refractivity contribution >= 4 is 11.7 Å². The minimum absolute atomic E-state index is 0.203. The van der Waals surface area contributed by atoms with Gasteiger partial charge in [-0.1, -0.05) is 19.1 Å². The first-order chi connectivity index (χ1) is 9.61. The van der Waals surface area contributed by atoms with Gasteiger partial charge in [0.2, 0.25) is 0 Å². The van der Waals surface area contributed by atoms with Crippen LogP contribution in [0.2, 0.25) is 0 Å². The number of carboxylic acid groups (broad SMARTS) is 1. The molecule has 0 bridgehead atoms. The van der Waals surface area contributed by atoms with Gasteiger partial charge in [0.1, 0.15) is 11.9 Å². The van der Waals surface area contributed by atoms with Gasteiger partial charge in [0.05, 0.1) is 5.69 Å². The predicted octanol–water partition coefficient (Wildman–Crippen LogP) is 2.57. The van der Waals surface area contributed by atoms with E-state index < -0.39 is 12.0 Å². The number of benzene rings is 1. The number of hydrogen-bond donors (Lipinski definition) is 2. The van der Waals surface area contributed by atoms with Gasteiger partial charge in [-0.3, -0.25) is 9.69 Å². The normalized spacial score (nSPS) is 18.7. The van der Waals surface area contributed by atoms with Crippen molar-refractivity contribution in [3.05, 3.63) is 30.1 Å². The molecule has 1 aromatic rings. The third-order valence-electron chi connectivity index (χ3n) is 3.88. The molecule has 2 rings (SSSR count). The van der Waals surface area contributed by atoms with Crippen LogP contribution in [0, 0.1) is 5.82 Å². The molecule has 4 nitrogen and oxygen atoms in total. The largest absolute Gasteiger partial charge is 0.480 e. The first-order valence-corrected chi connectivity index (χ1v) is 7.09. The fourth-order valence-corrected chi connectivity index (χ4v) is 2.74. The molecule has 0 radical (unpaired) electrons. The van der Waals surface area contributed by atoms with Crippen LogP contribution in [0.1, 0.15) is 26.2 Å². The van der Waals surface area contributed by atoms with Gasteiger partial charge in [-0.05, 0) is 31.4 Å². The number of likely N-dealkylation sites (tertiary alicyclic amines) is 1. The number of carbonyl (C=O) groups is 1. The Kier molecular flexibility index (Phi) is 4.95. The van der Waals surface area contributed by atoms with Crippen molar-refractivity contribution in [1.82, 2.24) is 4.90 Å². The molecule has 1 aliphatic heterocycles. The van der Waals surface area contributed by atoms with Crippen molar-refractivity contribution in [1.29, 1.82) is 0 Å². The maximum atomic E-state index is 13.6. The standard InChI is InChI=1S/C15H21FN2O2/c1-2-14(15(19)20)18-9-7-11(8-10-18)17-13-6-4-3-5-12(13)16/h3-6,11,14,17H,2,7-10H2,1H3,(H,19,20)/t14-/m1/s1. The Bertz CT molecular complexity index is 459. The number of hydrogen-bond acceptors (Lipinski definition) is 3. The van der Waals surface area contributed by atoms with E-state index >= 15 is 0 Å². The van der Waals surface area contributed by atoms with E-state index in [4.69, 9.17) is 5.11 Å². The third-order valence-corrected chi connectivity index (χ3v) is 3.88. The van der Waals surface area contributed by atoms with E-state index in [0.717, 1.165) is 25.9 Å².